The molecule has 2 atom stereocenters. The summed E-state index contributed by atoms with van der Waals surface area (Å²) >= 11 is 0. The number of carbonyl (C=O) groups excluding carboxylic acids is 1. The van der Waals surface area contributed by atoms with E-state index in [1.807, 2.05) is 54.3 Å². The number of nitrogens with zero attached hydrogens (tertiary/aromatic N) is 3. The highest BCUT2D eigenvalue weighted by Crippen LogP contribution is 2.32. The smallest absolute Gasteiger partial charge is 0.272 e. The number of hydrogen-bond donors (Lipinski definition) is 2. The van der Waals surface area contributed by atoms with Crippen LogP contribution in [0.3, 0.4) is 0 Å². The van der Waals surface area contributed by atoms with Gasteiger partial charge >= 0.3 is 0 Å². The van der Waals surface area contributed by atoms with Crippen LogP contribution >= 0.6 is 0 Å². The SMILES string of the molecule is Cc1ccc(Cc2n[nH]c(=O)c3ccccc23)cc1C(=O)N1CCC2CN(CCN)CC2C1. The van der Waals surface area contributed by atoms with Crippen LogP contribution < -0.4 is 11.3 Å². The van der Waals surface area contributed by atoms with Gasteiger partial charge in [0.2, 0.25) is 0 Å². The summed E-state index contributed by atoms with van der Waals surface area (Å²) in [5.74, 6) is 1.33. The van der Waals surface area contributed by atoms with Crippen LogP contribution in [0.1, 0.15) is 33.6 Å². The third-order valence-corrected chi connectivity index (χ3v) is 7.29. The number of amides is 1. The number of aromatic amines is 1. The van der Waals surface area contributed by atoms with Gasteiger partial charge in [-0.15, -0.1) is 0 Å². The minimum atomic E-state index is -0.186. The van der Waals surface area contributed by atoms with Crippen LogP contribution in [0.4, 0.5) is 0 Å². The maximum absolute atomic E-state index is 13.5. The molecule has 2 aliphatic heterocycles. The number of nitrogens with one attached hydrogen (secondary N) is 1. The lowest BCUT2D eigenvalue weighted by molar-refractivity contribution is 0.0641. The Morgan fingerprint density at radius 3 is 2.73 bits per heavy atom. The lowest BCUT2D eigenvalue weighted by atomic mass is 9.88. The van der Waals surface area contributed by atoms with Gasteiger partial charge in [0.15, 0.2) is 0 Å². The molecule has 33 heavy (non-hydrogen) atoms. The fraction of sp³-hybridized carbons (Fsp3) is 0.423. The molecule has 0 bridgehead atoms. The second-order valence-corrected chi connectivity index (χ2v) is 9.48. The second-order valence-electron chi connectivity index (χ2n) is 9.48. The van der Waals surface area contributed by atoms with Gasteiger partial charge in [-0.1, -0.05) is 30.3 Å². The predicted molar refractivity (Wildman–Crippen MR) is 129 cm³/mol. The second kappa shape index (κ2) is 9.08. The number of piperidine rings is 1. The molecule has 0 radical (unpaired) electrons. The Bertz CT molecular complexity index is 1240. The van der Waals surface area contributed by atoms with Gasteiger partial charge in [0.1, 0.15) is 0 Å². The molecule has 2 saturated heterocycles. The third kappa shape index (κ3) is 4.30. The molecule has 2 aliphatic rings. The van der Waals surface area contributed by atoms with E-state index < -0.39 is 0 Å². The molecule has 2 fully saturated rings. The van der Waals surface area contributed by atoms with E-state index in [1.165, 1.54) is 0 Å². The molecule has 2 aromatic carbocycles. The van der Waals surface area contributed by atoms with Crippen molar-refractivity contribution < 1.29 is 4.79 Å². The first-order valence-electron chi connectivity index (χ1n) is 11.8. The summed E-state index contributed by atoms with van der Waals surface area (Å²) in [5, 5.41) is 8.39. The number of benzene rings is 2. The van der Waals surface area contributed by atoms with E-state index in [9.17, 15) is 9.59 Å². The maximum atomic E-state index is 13.5. The molecule has 3 N–H and O–H groups in total. The molecule has 0 spiro atoms. The van der Waals surface area contributed by atoms with Crippen LogP contribution in [-0.4, -0.2) is 65.2 Å². The van der Waals surface area contributed by atoms with Gasteiger partial charge in [-0.2, -0.15) is 5.10 Å². The van der Waals surface area contributed by atoms with Gasteiger partial charge in [-0.05, 0) is 48.4 Å². The van der Waals surface area contributed by atoms with Crippen molar-refractivity contribution in [1.82, 2.24) is 20.0 Å². The molecule has 3 heterocycles. The van der Waals surface area contributed by atoms with E-state index in [1.54, 1.807) is 0 Å². The minimum absolute atomic E-state index is 0.115. The number of likely N-dealkylation sites (tertiary alicyclic amines) is 2. The topological polar surface area (TPSA) is 95.3 Å². The van der Waals surface area contributed by atoms with Crippen LogP contribution in [0.25, 0.3) is 10.8 Å². The summed E-state index contributed by atoms with van der Waals surface area (Å²) in [6.45, 7) is 7.40. The van der Waals surface area contributed by atoms with Crippen molar-refractivity contribution >= 4 is 16.7 Å². The summed E-state index contributed by atoms with van der Waals surface area (Å²) < 4.78 is 0. The number of aryl methyl sites for hydroxylation is 1. The summed E-state index contributed by atoms with van der Waals surface area (Å²) in [7, 11) is 0. The van der Waals surface area contributed by atoms with Crippen molar-refractivity contribution in [3.8, 4) is 0 Å². The lowest BCUT2D eigenvalue weighted by Gasteiger charge is -2.34. The Balaban J connectivity index is 1.36. The van der Waals surface area contributed by atoms with Crippen molar-refractivity contribution in [2.24, 2.45) is 17.6 Å². The average molecular weight is 446 g/mol. The van der Waals surface area contributed by atoms with Gasteiger partial charge in [0.25, 0.3) is 11.5 Å². The Morgan fingerprint density at radius 2 is 1.91 bits per heavy atom. The highest BCUT2D eigenvalue weighted by molar-refractivity contribution is 5.96. The molecular weight excluding hydrogens is 414 g/mol. The van der Waals surface area contributed by atoms with Crippen LogP contribution in [-0.2, 0) is 6.42 Å². The summed E-state index contributed by atoms with van der Waals surface area (Å²) in [5.41, 5.74) is 9.12. The van der Waals surface area contributed by atoms with Crippen LogP contribution in [0.5, 0.6) is 0 Å². The molecule has 0 saturated carbocycles. The van der Waals surface area contributed by atoms with E-state index in [2.05, 4.69) is 15.1 Å². The summed E-state index contributed by atoms with van der Waals surface area (Å²) in [6.07, 6.45) is 1.61. The van der Waals surface area contributed by atoms with Crippen molar-refractivity contribution in [2.75, 3.05) is 39.3 Å². The minimum Gasteiger partial charge on any atom is -0.338 e. The zero-order valence-electron chi connectivity index (χ0n) is 19.1. The van der Waals surface area contributed by atoms with Gasteiger partial charge < -0.3 is 15.5 Å². The standard InChI is InChI=1S/C26H31N5O2/c1-17-6-7-18(13-24-21-4-2-3-5-22(21)25(32)29-28-24)12-23(17)26(33)31-10-8-19-14-30(11-9-27)15-20(19)16-31/h2-7,12,19-20H,8-11,13-16,27H2,1H3,(H,29,32). The molecule has 2 unspecified atom stereocenters. The first-order chi connectivity index (χ1) is 16.0. The Kier molecular flexibility index (Phi) is 6.00. The monoisotopic (exact) mass is 445 g/mol. The molecule has 0 aliphatic carbocycles. The van der Waals surface area contributed by atoms with Crippen LogP contribution in [0.15, 0.2) is 47.3 Å². The number of carbonyl (C=O) groups is 1. The fourth-order valence-corrected chi connectivity index (χ4v) is 5.49. The highest BCUT2D eigenvalue weighted by atomic mass is 16.2. The number of fused-ring (bicyclic) bond motifs is 2. The number of hydrogen-bond acceptors (Lipinski definition) is 5. The summed E-state index contributed by atoms with van der Waals surface area (Å²) in [6, 6.07) is 13.6. The number of H-pyrrole nitrogens is 1. The van der Waals surface area contributed by atoms with Crippen molar-refractivity contribution in [3.63, 3.8) is 0 Å². The normalized spacial score (nSPS) is 20.8. The quantitative estimate of drug-likeness (QED) is 0.628. The molecule has 7 heteroatoms. The first kappa shape index (κ1) is 21.8. The van der Waals surface area contributed by atoms with Crippen molar-refractivity contribution in [1.29, 1.82) is 0 Å². The molecule has 1 aromatic heterocycles. The third-order valence-electron chi connectivity index (χ3n) is 7.29. The fourth-order valence-electron chi connectivity index (χ4n) is 5.49. The molecule has 7 nitrogen and oxygen atoms in total. The van der Waals surface area contributed by atoms with Crippen LogP contribution in [0, 0.1) is 18.8 Å². The predicted octanol–water partition coefficient (Wildman–Crippen LogP) is 2.17. The van der Waals surface area contributed by atoms with Crippen molar-refractivity contribution in [2.45, 2.75) is 19.8 Å². The molecule has 1 amide bonds. The zero-order chi connectivity index (χ0) is 22.9. The van der Waals surface area contributed by atoms with E-state index in [-0.39, 0.29) is 11.5 Å². The van der Waals surface area contributed by atoms with E-state index in [4.69, 9.17) is 5.73 Å². The van der Waals surface area contributed by atoms with Crippen molar-refractivity contribution in [3.05, 3.63) is 75.2 Å². The first-order valence-corrected chi connectivity index (χ1v) is 11.8. The van der Waals surface area contributed by atoms with E-state index in [0.29, 0.717) is 30.2 Å². The van der Waals surface area contributed by atoms with Gasteiger partial charge in [0, 0.05) is 56.6 Å². The summed E-state index contributed by atoms with van der Waals surface area (Å²) in [4.78, 5) is 30.1. The lowest BCUT2D eigenvalue weighted by Crippen LogP contribution is -2.43. The largest absolute Gasteiger partial charge is 0.338 e. The Morgan fingerprint density at radius 1 is 1.12 bits per heavy atom. The van der Waals surface area contributed by atoms with E-state index in [0.717, 1.165) is 66.9 Å². The Hall–Kier alpha value is -3.03. The zero-order valence-corrected chi connectivity index (χ0v) is 19.1. The molecular formula is C26H31N5O2. The molecule has 3 aromatic rings. The van der Waals surface area contributed by atoms with Crippen LogP contribution in [0.2, 0.25) is 0 Å². The number of aromatic nitrogens is 2. The average Bonchev–Trinajstić information content (AvgIpc) is 3.23. The van der Waals surface area contributed by atoms with E-state index >= 15 is 0 Å². The van der Waals surface area contributed by atoms with Gasteiger partial charge in [-0.3, -0.25) is 9.59 Å². The van der Waals surface area contributed by atoms with Gasteiger partial charge in [0.05, 0.1) is 11.1 Å². The number of nitrogens with two attached hydrogens (primary N) is 1. The molecule has 5 rings (SSSR count). The molecule has 172 valence electrons. The highest BCUT2D eigenvalue weighted by Gasteiger charge is 2.38. The number of rotatable bonds is 5. The Labute approximate surface area is 193 Å². The maximum Gasteiger partial charge on any atom is 0.272 e. The van der Waals surface area contributed by atoms with Gasteiger partial charge in [-0.25, -0.2) is 5.10 Å².